The minimum absolute atomic E-state index is 0.0493. The summed E-state index contributed by atoms with van der Waals surface area (Å²) >= 11 is 7.69. The fourth-order valence-corrected chi connectivity index (χ4v) is 4.17. The number of aromatic nitrogens is 3. The summed E-state index contributed by atoms with van der Waals surface area (Å²) in [5.74, 6) is 0.986. The first kappa shape index (κ1) is 19.4. The molecule has 0 unspecified atom stereocenters. The SMILES string of the molecule is C=CCn1c(SCC(=O)c2ccc3ccccc3c2)nnc1-c1ccccc1Cl. The van der Waals surface area contributed by atoms with Crippen molar-refractivity contribution in [1.82, 2.24) is 14.8 Å². The number of thioether (sulfide) groups is 1. The van der Waals surface area contributed by atoms with Gasteiger partial charge in [-0.25, -0.2) is 0 Å². The van der Waals surface area contributed by atoms with E-state index in [1.54, 1.807) is 6.08 Å². The highest BCUT2D eigenvalue weighted by atomic mass is 35.5. The van der Waals surface area contributed by atoms with Crippen LogP contribution in [0.1, 0.15) is 10.4 Å². The molecule has 0 spiro atoms. The number of Topliss-reactive ketones (excluding diaryl/α,β-unsaturated/α-hetero) is 1. The summed E-state index contributed by atoms with van der Waals surface area (Å²) in [5, 5.41) is 12.0. The number of nitrogens with zero attached hydrogens (tertiary/aromatic N) is 3. The van der Waals surface area contributed by atoms with Gasteiger partial charge in [-0.1, -0.05) is 78.0 Å². The molecule has 29 heavy (non-hydrogen) atoms. The quantitative estimate of drug-likeness (QED) is 0.212. The minimum atomic E-state index is 0.0493. The van der Waals surface area contributed by atoms with E-state index in [-0.39, 0.29) is 11.5 Å². The number of allylic oxidation sites excluding steroid dienone is 1. The van der Waals surface area contributed by atoms with Gasteiger partial charge in [0.15, 0.2) is 16.8 Å². The van der Waals surface area contributed by atoms with E-state index in [1.807, 2.05) is 71.3 Å². The summed E-state index contributed by atoms with van der Waals surface area (Å²) in [6, 6.07) is 21.3. The van der Waals surface area contributed by atoms with Gasteiger partial charge in [-0.05, 0) is 29.0 Å². The number of benzene rings is 3. The average Bonchev–Trinajstić information content (AvgIpc) is 3.14. The van der Waals surface area contributed by atoms with Gasteiger partial charge in [0.2, 0.25) is 0 Å². The van der Waals surface area contributed by atoms with Crippen LogP contribution in [0.3, 0.4) is 0 Å². The summed E-state index contributed by atoms with van der Waals surface area (Å²) in [4.78, 5) is 12.7. The lowest BCUT2D eigenvalue weighted by Gasteiger charge is -2.09. The Morgan fingerprint density at radius 1 is 1.03 bits per heavy atom. The van der Waals surface area contributed by atoms with Crippen LogP contribution in [0.25, 0.3) is 22.2 Å². The van der Waals surface area contributed by atoms with E-state index in [4.69, 9.17) is 11.6 Å². The maximum absolute atomic E-state index is 12.7. The molecule has 0 saturated heterocycles. The molecule has 0 atom stereocenters. The number of carbonyl (C=O) groups excluding carboxylic acids is 1. The van der Waals surface area contributed by atoms with Crippen LogP contribution >= 0.6 is 23.4 Å². The molecular formula is C23H18ClN3OS. The van der Waals surface area contributed by atoms with E-state index in [0.29, 0.717) is 28.1 Å². The second kappa shape index (κ2) is 8.64. The Morgan fingerprint density at radius 2 is 1.79 bits per heavy atom. The summed E-state index contributed by atoms with van der Waals surface area (Å²) in [6.07, 6.45) is 1.78. The molecule has 0 bridgehead atoms. The van der Waals surface area contributed by atoms with Crippen molar-refractivity contribution in [3.05, 3.63) is 90.0 Å². The highest BCUT2D eigenvalue weighted by Gasteiger charge is 2.17. The monoisotopic (exact) mass is 419 g/mol. The molecule has 3 aromatic carbocycles. The van der Waals surface area contributed by atoms with Gasteiger partial charge in [-0.2, -0.15) is 0 Å². The van der Waals surface area contributed by atoms with Crippen molar-refractivity contribution >= 4 is 39.9 Å². The highest BCUT2D eigenvalue weighted by Crippen LogP contribution is 2.29. The summed E-state index contributed by atoms with van der Waals surface area (Å²) in [7, 11) is 0. The Bertz CT molecular complexity index is 1200. The van der Waals surface area contributed by atoms with Crippen LogP contribution in [0, 0.1) is 0 Å². The molecule has 4 aromatic rings. The molecule has 0 aliphatic carbocycles. The molecule has 0 aliphatic rings. The van der Waals surface area contributed by atoms with Gasteiger partial charge < -0.3 is 0 Å². The van der Waals surface area contributed by atoms with Crippen LogP contribution in [-0.4, -0.2) is 26.3 Å². The van der Waals surface area contributed by atoms with E-state index in [2.05, 4.69) is 16.8 Å². The van der Waals surface area contributed by atoms with E-state index >= 15 is 0 Å². The Kier molecular flexibility index (Phi) is 5.79. The number of fused-ring (bicyclic) bond motifs is 1. The Labute approximate surface area is 178 Å². The van der Waals surface area contributed by atoms with Gasteiger partial charge in [-0.3, -0.25) is 9.36 Å². The van der Waals surface area contributed by atoms with Crippen molar-refractivity contribution in [1.29, 1.82) is 0 Å². The largest absolute Gasteiger partial charge is 0.298 e. The van der Waals surface area contributed by atoms with Crippen LogP contribution in [0.4, 0.5) is 0 Å². The van der Waals surface area contributed by atoms with Crippen molar-refractivity contribution in [3.63, 3.8) is 0 Å². The molecule has 0 radical (unpaired) electrons. The zero-order valence-corrected chi connectivity index (χ0v) is 17.2. The maximum Gasteiger partial charge on any atom is 0.192 e. The zero-order chi connectivity index (χ0) is 20.2. The lowest BCUT2D eigenvalue weighted by Crippen LogP contribution is -2.05. The van der Waals surface area contributed by atoms with Gasteiger partial charge in [0.25, 0.3) is 0 Å². The molecule has 6 heteroatoms. The standard InChI is InChI=1S/C23H18ClN3OS/c1-2-13-27-22(19-9-5-6-10-20(19)24)25-26-23(27)29-15-21(28)18-12-11-16-7-3-4-8-17(16)14-18/h2-12,14H,1,13,15H2. The third kappa shape index (κ3) is 4.11. The van der Waals surface area contributed by atoms with Crippen molar-refractivity contribution in [3.8, 4) is 11.4 Å². The number of hydrogen-bond donors (Lipinski definition) is 0. The molecule has 144 valence electrons. The first-order chi connectivity index (χ1) is 14.2. The molecule has 4 nitrogen and oxygen atoms in total. The summed E-state index contributed by atoms with van der Waals surface area (Å²) < 4.78 is 1.92. The Morgan fingerprint density at radius 3 is 2.59 bits per heavy atom. The molecular weight excluding hydrogens is 402 g/mol. The van der Waals surface area contributed by atoms with Gasteiger partial charge in [0.05, 0.1) is 10.8 Å². The van der Waals surface area contributed by atoms with Gasteiger partial charge in [-0.15, -0.1) is 16.8 Å². The third-order valence-electron chi connectivity index (χ3n) is 4.55. The molecule has 0 amide bonds. The summed E-state index contributed by atoms with van der Waals surface area (Å²) in [5.41, 5.74) is 1.49. The number of rotatable bonds is 7. The number of hydrogen-bond acceptors (Lipinski definition) is 4. The zero-order valence-electron chi connectivity index (χ0n) is 15.6. The lowest BCUT2D eigenvalue weighted by molar-refractivity contribution is 0.102. The average molecular weight is 420 g/mol. The Balaban J connectivity index is 1.56. The molecule has 0 fully saturated rings. The smallest absolute Gasteiger partial charge is 0.192 e. The van der Waals surface area contributed by atoms with Gasteiger partial charge >= 0.3 is 0 Å². The molecule has 4 rings (SSSR count). The molecule has 0 aliphatic heterocycles. The van der Waals surface area contributed by atoms with Crippen molar-refractivity contribution in [2.75, 3.05) is 5.75 Å². The van der Waals surface area contributed by atoms with E-state index in [9.17, 15) is 4.79 Å². The molecule has 1 aromatic heterocycles. The predicted octanol–water partition coefficient (Wildman–Crippen LogP) is 5.91. The van der Waals surface area contributed by atoms with Gasteiger partial charge in [0.1, 0.15) is 0 Å². The molecule has 0 saturated carbocycles. The summed E-state index contributed by atoms with van der Waals surface area (Å²) in [6.45, 7) is 4.35. The van der Waals surface area contributed by atoms with Crippen LogP contribution in [0.2, 0.25) is 5.02 Å². The fraction of sp³-hybridized carbons (Fsp3) is 0.0870. The second-order valence-electron chi connectivity index (χ2n) is 6.46. The van der Waals surface area contributed by atoms with E-state index in [0.717, 1.165) is 16.3 Å². The highest BCUT2D eigenvalue weighted by molar-refractivity contribution is 7.99. The third-order valence-corrected chi connectivity index (χ3v) is 5.84. The predicted molar refractivity (Wildman–Crippen MR) is 120 cm³/mol. The van der Waals surface area contributed by atoms with Crippen molar-refractivity contribution in [2.45, 2.75) is 11.7 Å². The van der Waals surface area contributed by atoms with Crippen LogP contribution < -0.4 is 0 Å². The number of ketones is 1. The minimum Gasteiger partial charge on any atom is -0.298 e. The van der Waals surface area contributed by atoms with Crippen molar-refractivity contribution in [2.24, 2.45) is 0 Å². The normalized spacial score (nSPS) is 10.9. The van der Waals surface area contributed by atoms with E-state index in [1.165, 1.54) is 11.8 Å². The van der Waals surface area contributed by atoms with Crippen molar-refractivity contribution < 1.29 is 4.79 Å². The molecule has 0 N–H and O–H groups in total. The topological polar surface area (TPSA) is 47.8 Å². The number of halogens is 1. The van der Waals surface area contributed by atoms with Gasteiger partial charge in [0, 0.05) is 17.7 Å². The molecule has 1 heterocycles. The second-order valence-corrected chi connectivity index (χ2v) is 7.81. The first-order valence-corrected chi connectivity index (χ1v) is 10.5. The fourth-order valence-electron chi connectivity index (χ4n) is 3.11. The number of carbonyl (C=O) groups is 1. The Hall–Kier alpha value is -2.89. The van der Waals surface area contributed by atoms with Crippen LogP contribution in [0.5, 0.6) is 0 Å². The van der Waals surface area contributed by atoms with Crippen LogP contribution in [-0.2, 0) is 6.54 Å². The lowest BCUT2D eigenvalue weighted by atomic mass is 10.1. The first-order valence-electron chi connectivity index (χ1n) is 9.11. The van der Waals surface area contributed by atoms with Crippen LogP contribution in [0.15, 0.2) is 84.5 Å². The maximum atomic E-state index is 12.7. The van der Waals surface area contributed by atoms with E-state index < -0.39 is 0 Å².